The van der Waals surface area contributed by atoms with Gasteiger partial charge in [-0.15, -0.1) is 0 Å². The Morgan fingerprint density at radius 1 is 1.29 bits per heavy atom. The molecule has 3 heterocycles. The number of aliphatic hydroxyl groups excluding tert-OH is 1. The van der Waals surface area contributed by atoms with Gasteiger partial charge < -0.3 is 20.5 Å². The summed E-state index contributed by atoms with van der Waals surface area (Å²) in [6, 6.07) is 9.75. The molecule has 28 heavy (non-hydrogen) atoms. The van der Waals surface area contributed by atoms with Gasteiger partial charge in [-0.05, 0) is 57.0 Å². The van der Waals surface area contributed by atoms with Gasteiger partial charge in [0.2, 0.25) is 0 Å². The monoisotopic (exact) mass is 379 g/mol. The summed E-state index contributed by atoms with van der Waals surface area (Å²) in [7, 11) is 0. The number of nitrogens with two attached hydrogens (primary N) is 1. The number of aliphatic hydroxyl groups is 1. The van der Waals surface area contributed by atoms with Gasteiger partial charge in [-0.1, -0.05) is 0 Å². The van der Waals surface area contributed by atoms with Crippen molar-refractivity contribution in [3.63, 3.8) is 0 Å². The Labute approximate surface area is 163 Å². The van der Waals surface area contributed by atoms with E-state index in [0.717, 1.165) is 46.6 Å². The molecule has 2 fully saturated rings. The first-order valence-corrected chi connectivity index (χ1v) is 9.77. The summed E-state index contributed by atoms with van der Waals surface area (Å²) >= 11 is 0. The number of fused-ring (bicyclic) bond motifs is 1. The molecule has 0 bridgehead atoms. The highest BCUT2D eigenvalue weighted by Crippen LogP contribution is 2.40. The molecule has 1 aromatic carbocycles. The molecule has 3 atom stereocenters. The fourth-order valence-electron chi connectivity index (χ4n) is 3.88. The summed E-state index contributed by atoms with van der Waals surface area (Å²) < 4.78 is 6.12. The van der Waals surface area contributed by atoms with E-state index in [-0.39, 0.29) is 17.7 Å². The predicted molar refractivity (Wildman–Crippen MR) is 108 cm³/mol. The van der Waals surface area contributed by atoms with Crippen LogP contribution in [-0.4, -0.2) is 50.6 Å². The van der Waals surface area contributed by atoms with E-state index in [1.165, 1.54) is 0 Å². The first kappa shape index (κ1) is 17.5. The number of hydrogen-bond acceptors (Lipinski definition) is 6. The molecular formula is C21H25N5O2. The molecular weight excluding hydrogens is 354 g/mol. The SMILES string of the molecule is C[C@H]1[C@H](N)[C@@H](O)CN1c1cc(-c2n[nH]c3ccc(OC4(C)CC4)cc23)ccn1. The molecule has 7 nitrogen and oxygen atoms in total. The maximum absolute atomic E-state index is 10.1. The molecule has 3 aromatic rings. The van der Waals surface area contributed by atoms with Crippen LogP contribution in [0.1, 0.15) is 26.7 Å². The highest BCUT2D eigenvalue weighted by atomic mass is 16.5. The number of nitrogens with zero attached hydrogens (tertiary/aromatic N) is 3. The molecule has 0 spiro atoms. The Morgan fingerprint density at radius 2 is 2.11 bits per heavy atom. The van der Waals surface area contributed by atoms with Crippen molar-refractivity contribution < 1.29 is 9.84 Å². The maximum Gasteiger partial charge on any atom is 0.129 e. The second kappa shape index (κ2) is 6.18. The predicted octanol–water partition coefficient (Wildman–Crippen LogP) is 2.45. The number of nitrogens with one attached hydrogen (secondary N) is 1. The van der Waals surface area contributed by atoms with Gasteiger partial charge in [-0.2, -0.15) is 5.10 Å². The van der Waals surface area contributed by atoms with Gasteiger partial charge in [-0.25, -0.2) is 4.98 Å². The molecule has 2 aromatic heterocycles. The van der Waals surface area contributed by atoms with Gasteiger partial charge in [0.1, 0.15) is 22.9 Å². The van der Waals surface area contributed by atoms with Crippen LogP contribution in [0.4, 0.5) is 5.82 Å². The molecule has 0 radical (unpaired) electrons. The van der Waals surface area contributed by atoms with Crippen LogP contribution in [0, 0.1) is 0 Å². The fourth-order valence-corrected chi connectivity index (χ4v) is 3.88. The molecule has 0 unspecified atom stereocenters. The zero-order valence-electron chi connectivity index (χ0n) is 16.1. The average molecular weight is 379 g/mol. The second-order valence-corrected chi connectivity index (χ2v) is 8.27. The lowest BCUT2D eigenvalue weighted by atomic mass is 10.1. The third-order valence-electron chi connectivity index (χ3n) is 6.04. The third kappa shape index (κ3) is 2.91. The molecule has 2 aliphatic rings. The van der Waals surface area contributed by atoms with Crippen molar-refractivity contribution in [3.05, 3.63) is 36.5 Å². The molecule has 0 amide bonds. The topological polar surface area (TPSA) is 100 Å². The van der Waals surface area contributed by atoms with Gasteiger partial charge in [0, 0.05) is 29.7 Å². The van der Waals surface area contributed by atoms with Crippen molar-refractivity contribution >= 4 is 16.7 Å². The zero-order valence-corrected chi connectivity index (χ0v) is 16.1. The van der Waals surface area contributed by atoms with Crippen LogP contribution < -0.4 is 15.4 Å². The molecule has 1 saturated carbocycles. The van der Waals surface area contributed by atoms with E-state index in [0.29, 0.717) is 6.54 Å². The lowest BCUT2D eigenvalue weighted by molar-refractivity contribution is 0.175. The Bertz CT molecular complexity index is 1030. The van der Waals surface area contributed by atoms with E-state index in [4.69, 9.17) is 10.5 Å². The summed E-state index contributed by atoms with van der Waals surface area (Å²) in [5, 5.41) is 18.8. The van der Waals surface area contributed by atoms with Crippen LogP contribution in [0.2, 0.25) is 0 Å². The molecule has 1 aliphatic heterocycles. The summed E-state index contributed by atoms with van der Waals surface area (Å²) in [6.45, 7) is 4.64. The van der Waals surface area contributed by atoms with Crippen molar-refractivity contribution in [2.75, 3.05) is 11.4 Å². The van der Waals surface area contributed by atoms with Crippen molar-refractivity contribution in [3.8, 4) is 17.0 Å². The average Bonchev–Trinajstić information content (AvgIpc) is 3.17. The molecule has 7 heteroatoms. The van der Waals surface area contributed by atoms with Gasteiger partial charge in [-0.3, -0.25) is 5.10 Å². The fraction of sp³-hybridized carbons (Fsp3) is 0.429. The van der Waals surface area contributed by atoms with Crippen LogP contribution in [0.3, 0.4) is 0 Å². The Kier molecular flexibility index (Phi) is 3.86. The molecule has 5 rings (SSSR count). The van der Waals surface area contributed by atoms with Gasteiger partial charge in [0.15, 0.2) is 0 Å². The Morgan fingerprint density at radius 3 is 2.82 bits per heavy atom. The van der Waals surface area contributed by atoms with Crippen molar-refractivity contribution in [2.24, 2.45) is 5.73 Å². The van der Waals surface area contributed by atoms with Crippen LogP contribution >= 0.6 is 0 Å². The Balaban J connectivity index is 1.51. The summed E-state index contributed by atoms with van der Waals surface area (Å²) in [5.74, 6) is 1.66. The van der Waals surface area contributed by atoms with E-state index < -0.39 is 6.10 Å². The maximum atomic E-state index is 10.1. The van der Waals surface area contributed by atoms with Crippen LogP contribution in [-0.2, 0) is 0 Å². The molecule has 4 N–H and O–H groups in total. The summed E-state index contributed by atoms with van der Waals surface area (Å²) in [6.07, 6.45) is 3.42. The number of rotatable bonds is 4. The quantitative estimate of drug-likeness (QED) is 0.644. The minimum atomic E-state index is -0.546. The van der Waals surface area contributed by atoms with Crippen molar-refractivity contribution in [2.45, 2.75) is 50.5 Å². The highest BCUT2D eigenvalue weighted by Gasteiger charge is 2.40. The van der Waals surface area contributed by atoms with Crippen molar-refractivity contribution in [1.29, 1.82) is 0 Å². The Hall–Kier alpha value is -2.64. The van der Waals surface area contributed by atoms with Gasteiger partial charge >= 0.3 is 0 Å². The van der Waals surface area contributed by atoms with E-state index in [9.17, 15) is 5.11 Å². The first-order valence-electron chi connectivity index (χ1n) is 9.77. The van der Waals surface area contributed by atoms with Gasteiger partial charge in [0.05, 0.1) is 17.7 Å². The smallest absolute Gasteiger partial charge is 0.129 e. The van der Waals surface area contributed by atoms with Gasteiger partial charge in [0.25, 0.3) is 0 Å². The first-order chi connectivity index (χ1) is 13.4. The number of β-amino-alcohol motifs (C(OH)–C–C–N with tert-alkyl or cyclic N) is 1. The number of H-pyrrole nitrogens is 1. The summed E-state index contributed by atoms with van der Waals surface area (Å²) in [4.78, 5) is 6.55. The number of ether oxygens (including phenoxy) is 1. The third-order valence-corrected chi connectivity index (χ3v) is 6.04. The second-order valence-electron chi connectivity index (χ2n) is 8.27. The number of anilines is 1. The van der Waals surface area contributed by atoms with Crippen LogP contribution in [0.15, 0.2) is 36.5 Å². The van der Waals surface area contributed by atoms with E-state index in [2.05, 4.69) is 33.1 Å². The number of benzene rings is 1. The summed E-state index contributed by atoms with van der Waals surface area (Å²) in [5.41, 5.74) is 8.85. The number of aromatic nitrogens is 3. The van der Waals surface area contributed by atoms with E-state index >= 15 is 0 Å². The number of pyridine rings is 1. The number of aromatic amines is 1. The lowest BCUT2D eigenvalue weighted by Gasteiger charge is -2.24. The lowest BCUT2D eigenvalue weighted by Crippen LogP contribution is -2.40. The normalized spacial score (nSPS) is 26.0. The van der Waals surface area contributed by atoms with E-state index in [1.807, 2.05) is 31.2 Å². The molecule has 1 saturated heterocycles. The minimum Gasteiger partial charge on any atom is -0.488 e. The standard InChI is InChI=1S/C21H25N5O2/c1-12-19(22)17(27)11-26(12)18-9-13(5-8-23-18)20-15-10-14(28-21(2)6-7-21)3-4-16(15)24-25-20/h3-5,8-10,12,17,19,27H,6-7,11,22H2,1-2H3,(H,24,25)/t12-,17-,19-/m0/s1. The van der Waals surface area contributed by atoms with Crippen LogP contribution in [0.5, 0.6) is 5.75 Å². The van der Waals surface area contributed by atoms with E-state index in [1.54, 1.807) is 6.20 Å². The highest BCUT2D eigenvalue weighted by molar-refractivity contribution is 5.94. The van der Waals surface area contributed by atoms with Crippen molar-refractivity contribution in [1.82, 2.24) is 15.2 Å². The number of hydrogen-bond donors (Lipinski definition) is 3. The zero-order chi connectivity index (χ0) is 19.5. The largest absolute Gasteiger partial charge is 0.488 e. The minimum absolute atomic E-state index is 0.0209. The molecule has 146 valence electrons. The van der Waals surface area contributed by atoms with Crippen LogP contribution in [0.25, 0.3) is 22.2 Å². The molecule has 1 aliphatic carbocycles.